The maximum absolute atomic E-state index is 13.1. The molecular weight excluding hydrogens is 317 g/mol. The van der Waals surface area contributed by atoms with E-state index in [9.17, 15) is 9.18 Å². The van der Waals surface area contributed by atoms with Crippen LogP contribution in [-0.4, -0.2) is 11.9 Å². The largest absolute Gasteiger partial charge is 0.403 e. The number of cyclic esters (lactones) is 1. The fourth-order valence-electron chi connectivity index (χ4n) is 1.99. The number of hydrogen-bond donors (Lipinski definition) is 0. The summed E-state index contributed by atoms with van der Waals surface area (Å²) >= 11 is 5.81. The van der Waals surface area contributed by atoms with Crippen molar-refractivity contribution in [2.75, 3.05) is 0 Å². The first-order valence-electron chi connectivity index (χ1n) is 6.82. The zero-order valence-corrected chi connectivity index (χ0v) is 12.6. The first kappa shape index (κ1) is 15.2. The lowest BCUT2D eigenvalue weighted by molar-refractivity contribution is -0.129. The van der Waals surface area contributed by atoms with Crippen molar-refractivity contribution in [1.82, 2.24) is 0 Å². The lowest BCUT2D eigenvalue weighted by Crippen LogP contribution is -2.01. The van der Waals surface area contributed by atoms with Gasteiger partial charge in [0.25, 0.3) is 0 Å². The molecule has 114 valence electrons. The molecule has 0 aliphatic carbocycles. The second-order valence-corrected chi connectivity index (χ2v) is 5.25. The number of rotatable bonds is 3. The molecule has 0 fully saturated rings. The SMILES string of the molecule is O=C1OC(C=Cc2ccc(Cl)cc2)=NC1=Cc1cccc(F)c1. The second-order valence-electron chi connectivity index (χ2n) is 4.81. The highest BCUT2D eigenvalue weighted by molar-refractivity contribution is 6.30. The summed E-state index contributed by atoms with van der Waals surface area (Å²) in [4.78, 5) is 15.9. The van der Waals surface area contributed by atoms with Crippen molar-refractivity contribution in [3.8, 4) is 0 Å². The number of aliphatic imine (C=N–C) groups is 1. The number of hydrogen-bond acceptors (Lipinski definition) is 3. The van der Waals surface area contributed by atoms with Crippen molar-refractivity contribution < 1.29 is 13.9 Å². The maximum atomic E-state index is 13.1. The van der Waals surface area contributed by atoms with Gasteiger partial charge in [-0.1, -0.05) is 35.9 Å². The van der Waals surface area contributed by atoms with Gasteiger partial charge in [-0.05, 0) is 47.5 Å². The van der Waals surface area contributed by atoms with Crippen LogP contribution in [-0.2, 0) is 9.53 Å². The molecule has 3 rings (SSSR count). The van der Waals surface area contributed by atoms with Crippen LogP contribution < -0.4 is 0 Å². The molecule has 5 heteroatoms. The van der Waals surface area contributed by atoms with Crippen LogP contribution in [0.4, 0.5) is 4.39 Å². The molecule has 0 bridgehead atoms. The van der Waals surface area contributed by atoms with E-state index in [0.717, 1.165) is 5.56 Å². The molecule has 23 heavy (non-hydrogen) atoms. The van der Waals surface area contributed by atoms with Gasteiger partial charge in [0.05, 0.1) is 0 Å². The van der Waals surface area contributed by atoms with E-state index in [1.807, 2.05) is 12.1 Å². The minimum atomic E-state index is -0.565. The van der Waals surface area contributed by atoms with Gasteiger partial charge in [0.1, 0.15) is 5.82 Å². The molecule has 0 aromatic heterocycles. The highest BCUT2D eigenvalue weighted by atomic mass is 35.5. The number of carbonyl (C=O) groups is 1. The molecule has 0 amide bonds. The fraction of sp³-hybridized carbons (Fsp3) is 0. The minimum absolute atomic E-state index is 0.131. The highest BCUT2D eigenvalue weighted by Gasteiger charge is 2.21. The Labute approximate surface area is 137 Å². The smallest absolute Gasteiger partial charge is 0.363 e. The monoisotopic (exact) mass is 327 g/mol. The van der Waals surface area contributed by atoms with Gasteiger partial charge >= 0.3 is 5.97 Å². The molecule has 1 aliphatic rings. The van der Waals surface area contributed by atoms with E-state index in [-0.39, 0.29) is 17.4 Å². The topological polar surface area (TPSA) is 38.7 Å². The third-order valence-electron chi connectivity index (χ3n) is 3.08. The van der Waals surface area contributed by atoms with Crippen LogP contribution >= 0.6 is 11.6 Å². The Morgan fingerprint density at radius 3 is 2.57 bits per heavy atom. The molecule has 3 nitrogen and oxygen atoms in total. The normalized spacial score (nSPS) is 16.0. The summed E-state index contributed by atoms with van der Waals surface area (Å²) in [6.07, 6.45) is 4.83. The van der Waals surface area contributed by atoms with Crippen LogP contribution in [0.15, 0.2) is 65.3 Å². The van der Waals surface area contributed by atoms with Gasteiger partial charge in [0.2, 0.25) is 5.90 Å². The summed E-state index contributed by atoms with van der Waals surface area (Å²) < 4.78 is 18.2. The Kier molecular flexibility index (Phi) is 4.35. The number of ether oxygens (including phenoxy) is 1. The summed E-state index contributed by atoms with van der Waals surface area (Å²) in [6, 6.07) is 13.1. The van der Waals surface area contributed by atoms with Crippen molar-refractivity contribution in [3.05, 3.63) is 82.3 Å². The number of halogens is 2. The number of esters is 1. The van der Waals surface area contributed by atoms with Gasteiger partial charge in [0.15, 0.2) is 5.70 Å². The molecule has 0 N–H and O–H groups in total. The van der Waals surface area contributed by atoms with Crippen LogP contribution in [0.1, 0.15) is 11.1 Å². The van der Waals surface area contributed by atoms with Crippen LogP contribution in [0.25, 0.3) is 12.2 Å². The van der Waals surface area contributed by atoms with Crippen LogP contribution in [0, 0.1) is 5.82 Å². The molecule has 0 saturated carbocycles. The van der Waals surface area contributed by atoms with Gasteiger partial charge in [-0.15, -0.1) is 0 Å². The summed E-state index contributed by atoms with van der Waals surface area (Å²) in [5.41, 5.74) is 1.57. The standard InChI is InChI=1S/C18H11ClFNO2/c19-14-7-4-12(5-8-14)6-9-17-21-16(18(22)23-17)11-13-2-1-3-15(20)10-13/h1-11H. The molecule has 0 unspecified atom stereocenters. The Bertz CT molecular complexity index is 838. The van der Waals surface area contributed by atoms with E-state index in [4.69, 9.17) is 16.3 Å². The number of benzene rings is 2. The van der Waals surface area contributed by atoms with Gasteiger partial charge in [-0.2, -0.15) is 0 Å². The average molecular weight is 328 g/mol. The van der Waals surface area contributed by atoms with Crippen LogP contribution in [0.5, 0.6) is 0 Å². The summed E-state index contributed by atoms with van der Waals surface area (Å²) in [6.45, 7) is 0. The second kappa shape index (κ2) is 6.58. The first-order valence-corrected chi connectivity index (χ1v) is 7.20. The van der Waals surface area contributed by atoms with Crippen molar-refractivity contribution in [3.63, 3.8) is 0 Å². The van der Waals surface area contributed by atoms with Crippen molar-refractivity contribution in [2.24, 2.45) is 4.99 Å². The zero-order chi connectivity index (χ0) is 16.2. The first-order chi connectivity index (χ1) is 11.1. The number of carbonyl (C=O) groups excluding carboxylic acids is 1. The quantitative estimate of drug-likeness (QED) is 0.615. The van der Waals surface area contributed by atoms with E-state index < -0.39 is 5.97 Å². The Morgan fingerprint density at radius 2 is 1.83 bits per heavy atom. The summed E-state index contributed by atoms with van der Waals surface area (Å²) in [5.74, 6) is -0.754. The van der Waals surface area contributed by atoms with E-state index in [1.54, 1.807) is 36.4 Å². The molecular formula is C18H11ClFNO2. The van der Waals surface area contributed by atoms with Crippen molar-refractivity contribution in [2.45, 2.75) is 0 Å². The van der Waals surface area contributed by atoms with Gasteiger partial charge in [0, 0.05) is 11.1 Å². The van der Waals surface area contributed by atoms with Crippen LogP contribution in [0.3, 0.4) is 0 Å². The predicted molar refractivity (Wildman–Crippen MR) is 88.4 cm³/mol. The van der Waals surface area contributed by atoms with Gasteiger partial charge in [-0.3, -0.25) is 0 Å². The predicted octanol–water partition coefficient (Wildman–Crippen LogP) is 4.49. The molecule has 0 spiro atoms. The third-order valence-corrected chi connectivity index (χ3v) is 3.33. The highest BCUT2D eigenvalue weighted by Crippen LogP contribution is 2.17. The Morgan fingerprint density at radius 1 is 1.04 bits per heavy atom. The minimum Gasteiger partial charge on any atom is -0.403 e. The summed E-state index contributed by atoms with van der Waals surface area (Å²) in [7, 11) is 0. The van der Waals surface area contributed by atoms with Crippen molar-refractivity contribution in [1.29, 1.82) is 0 Å². The lowest BCUT2D eigenvalue weighted by Gasteiger charge is -1.94. The van der Waals surface area contributed by atoms with Gasteiger partial charge in [-0.25, -0.2) is 14.2 Å². The molecule has 2 aromatic rings. The molecule has 0 atom stereocenters. The van der Waals surface area contributed by atoms with E-state index in [1.165, 1.54) is 18.2 Å². The fourth-order valence-corrected chi connectivity index (χ4v) is 2.12. The average Bonchev–Trinajstić information content (AvgIpc) is 2.87. The Balaban J connectivity index is 1.79. The molecule has 0 radical (unpaired) electrons. The Hall–Kier alpha value is -2.72. The van der Waals surface area contributed by atoms with E-state index in [2.05, 4.69) is 4.99 Å². The van der Waals surface area contributed by atoms with Crippen molar-refractivity contribution >= 4 is 35.6 Å². The van der Waals surface area contributed by atoms with Crippen LogP contribution in [0.2, 0.25) is 5.02 Å². The molecule has 0 saturated heterocycles. The summed E-state index contributed by atoms with van der Waals surface area (Å²) in [5, 5.41) is 0.645. The third kappa shape index (κ3) is 3.93. The van der Waals surface area contributed by atoms with E-state index >= 15 is 0 Å². The molecule has 1 heterocycles. The number of nitrogens with zero attached hydrogens (tertiary/aromatic N) is 1. The molecule has 2 aromatic carbocycles. The zero-order valence-electron chi connectivity index (χ0n) is 11.9. The molecule has 1 aliphatic heterocycles. The van der Waals surface area contributed by atoms with E-state index in [0.29, 0.717) is 10.6 Å². The lowest BCUT2D eigenvalue weighted by atomic mass is 10.2. The maximum Gasteiger partial charge on any atom is 0.363 e. The van der Waals surface area contributed by atoms with Gasteiger partial charge < -0.3 is 4.74 Å².